The van der Waals surface area contributed by atoms with E-state index in [2.05, 4.69) is 32.8 Å². The van der Waals surface area contributed by atoms with Crippen molar-refractivity contribution in [3.05, 3.63) is 72.4 Å². The summed E-state index contributed by atoms with van der Waals surface area (Å²) in [6, 6.07) is 14.6. The van der Waals surface area contributed by atoms with Crippen LogP contribution in [0.2, 0.25) is 0 Å². The molecular weight excluding hydrogens is 324 g/mol. The molecule has 0 amide bonds. The van der Waals surface area contributed by atoms with Crippen molar-refractivity contribution in [3.8, 4) is 11.5 Å². The predicted octanol–water partition coefficient (Wildman–Crippen LogP) is 3.62. The largest absolute Gasteiger partial charge is 0.444 e. The molecule has 1 fully saturated rings. The molecule has 3 aromatic rings. The van der Waals surface area contributed by atoms with E-state index in [0.29, 0.717) is 11.9 Å². The Morgan fingerprint density at radius 3 is 2.58 bits per heavy atom. The van der Waals surface area contributed by atoms with Crippen molar-refractivity contribution in [2.75, 3.05) is 26.2 Å². The zero-order valence-corrected chi connectivity index (χ0v) is 15.1. The monoisotopic (exact) mass is 348 g/mol. The van der Waals surface area contributed by atoms with Gasteiger partial charge in [-0.25, -0.2) is 4.98 Å². The molecule has 134 valence electrons. The van der Waals surface area contributed by atoms with Crippen molar-refractivity contribution in [2.24, 2.45) is 0 Å². The van der Waals surface area contributed by atoms with Gasteiger partial charge < -0.3 is 4.42 Å². The molecule has 1 aliphatic heterocycles. The lowest BCUT2D eigenvalue weighted by atomic mass is 10.1. The average molecular weight is 348 g/mol. The van der Waals surface area contributed by atoms with Crippen molar-refractivity contribution in [1.82, 2.24) is 19.8 Å². The van der Waals surface area contributed by atoms with Crippen LogP contribution in [0.5, 0.6) is 0 Å². The molecule has 1 saturated heterocycles. The van der Waals surface area contributed by atoms with E-state index < -0.39 is 0 Å². The number of oxazole rings is 1. The van der Waals surface area contributed by atoms with E-state index in [9.17, 15) is 0 Å². The smallest absolute Gasteiger partial charge is 0.226 e. The highest BCUT2D eigenvalue weighted by molar-refractivity contribution is 5.52. The second-order valence-electron chi connectivity index (χ2n) is 6.78. The molecule has 4 rings (SSSR count). The lowest BCUT2D eigenvalue weighted by molar-refractivity contribution is 0.0969. The average Bonchev–Trinajstić information content (AvgIpc) is 3.18. The van der Waals surface area contributed by atoms with E-state index in [4.69, 9.17) is 4.42 Å². The van der Waals surface area contributed by atoms with Crippen LogP contribution < -0.4 is 0 Å². The Balaban J connectivity index is 1.32. The Morgan fingerprint density at radius 1 is 1.04 bits per heavy atom. The summed E-state index contributed by atoms with van der Waals surface area (Å²) in [7, 11) is 0. The zero-order chi connectivity index (χ0) is 17.8. The maximum Gasteiger partial charge on any atom is 0.226 e. The first-order valence-electron chi connectivity index (χ1n) is 9.16. The third-order valence-electron chi connectivity index (χ3n) is 5.08. The highest BCUT2D eigenvalue weighted by Gasteiger charge is 2.22. The van der Waals surface area contributed by atoms with Crippen molar-refractivity contribution in [2.45, 2.75) is 19.5 Å². The second kappa shape index (κ2) is 7.81. The van der Waals surface area contributed by atoms with Gasteiger partial charge in [0.1, 0.15) is 6.26 Å². The minimum absolute atomic E-state index is 0.405. The van der Waals surface area contributed by atoms with Gasteiger partial charge >= 0.3 is 0 Å². The van der Waals surface area contributed by atoms with Crippen LogP contribution in [-0.2, 0) is 6.54 Å². The maximum atomic E-state index is 5.65. The second-order valence-corrected chi connectivity index (χ2v) is 6.78. The number of piperazine rings is 1. The zero-order valence-electron chi connectivity index (χ0n) is 15.1. The van der Waals surface area contributed by atoms with E-state index in [1.165, 1.54) is 5.56 Å². The Labute approximate surface area is 154 Å². The van der Waals surface area contributed by atoms with Crippen LogP contribution in [0.3, 0.4) is 0 Å². The lowest BCUT2D eigenvalue weighted by Crippen LogP contribution is -2.46. The van der Waals surface area contributed by atoms with Crippen molar-refractivity contribution in [1.29, 1.82) is 0 Å². The summed E-state index contributed by atoms with van der Waals surface area (Å²) >= 11 is 0. The summed E-state index contributed by atoms with van der Waals surface area (Å²) in [5, 5.41) is 0. The number of nitrogens with zero attached hydrogens (tertiary/aromatic N) is 4. The summed E-state index contributed by atoms with van der Waals surface area (Å²) in [4.78, 5) is 13.9. The van der Waals surface area contributed by atoms with Crippen molar-refractivity contribution >= 4 is 0 Å². The first kappa shape index (κ1) is 16.9. The molecule has 2 aromatic heterocycles. The molecule has 5 heteroatoms. The van der Waals surface area contributed by atoms with Crippen LogP contribution in [0.25, 0.3) is 11.5 Å². The van der Waals surface area contributed by atoms with Gasteiger partial charge in [-0.2, -0.15) is 0 Å². The molecule has 0 N–H and O–H groups in total. The fourth-order valence-corrected chi connectivity index (χ4v) is 3.46. The molecule has 1 aromatic carbocycles. The Bertz CT molecular complexity index is 810. The van der Waals surface area contributed by atoms with Crippen LogP contribution in [0, 0.1) is 0 Å². The molecule has 0 radical (unpaired) electrons. The fraction of sp³-hybridized carbons (Fsp3) is 0.333. The topological polar surface area (TPSA) is 45.4 Å². The predicted molar refractivity (Wildman–Crippen MR) is 101 cm³/mol. The van der Waals surface area contributed by atoms with Gasteiger partial charge in [-0.15, -0.1) is 0 Å². The summed E-state index contributed by atoms with van der Waals surface area (Å²) in [5.41, 5.74) is 3.30. The highest BCUT2D eigenvalue weighted by atomic mass is 16.3. The molecule has 1 aliphatic rings. The van der Waals surface area contributed by atoms with E-state index in [1.807, 2.05) is 48.8 Å². The number of benzene rings is 1. The Morgan fingerprint density at radius 2 is 1.85 bits per heavy atom. The number of aromatic nitrogens is 2. The number of hydrogen-bond donors (Lipinski definition) is 0. The van der Waals surface area contributed by atoms with E-state index in [1.54, 1.807) is 6.26 Å². The van der Waals surface area contributed by atoms with E-state index in [0.717, 1.165) is 44.0 Å². The Hall–Kier alpha value is -2.50. The van der Waals surface area contributed by atoms with Crippen LogP contribution >= 0.6 is 0 Å². The molecule has 1 atom stereocenters. The van der Waals surface area contributed by atoms with Gasteiger partial charge in [-0.3, -0.25) is 14.8 Å². The number of pyridine rings is 1. The minimum atomic E-state index is 0.405. The molecule has 5 nitrogen and oxygen atoms in total. The van der Waals surface area contributed by atoms with Crippen molar-refractivity contribution < 1.29 is 4.42 Å². The summed E-state index contributed by atoms with van der Waals surface area (Å²) < 4.78 is 5.65. The maximum absolute atomic E-state index is 5.65. The summed E-state index contributed by atoms with van der Waals surface area (Å²) in [5.74, 6) is 0.699. The molecule has 26 heavy (non-hydrogen) atoms. The standard InChI is InChI=1S/C21H24N4O/c1-17(19-8-5-9-22-14-19)25-12-10-24(11-13-25)15-20-16-26-21(23-20)18-6-3-2-4-7-18/h2-9,14,16-17H,10-13,15H2,1H3/t17-/m0/s1. The van der Waals surface area contributed by atoms with Gasteiger partial charge in [0.15, 0.2) is 0 Å². The first-order valence-corrected chi connectivity index (χ1v) is 9.16. The normalized spacial score (nSPS) is 17.3. The van der Waals surface area contributed by atoms with Gasteiger partial charge in [0.05, 0.1) is 5.69 Å². The fourth-order valence-electron chi connectivity index (χ4n) is 3.46. The molecular formula is C21H24N4O. The van der Waals surface area contributed by atoms with Crippen molar-refractivity contribution in [3.63, 3.8) is 0 Å². The SMILES string of the molecule is C[C@@H](c1cccnc1)N1CCN(Cc2coc(-c3ccccc3)n2)CC1. The van der Waals surface area contributed by atoms with Crippen LogP contribution in [-0.4, -0.2) is 45.9 Å². The lowest BCUT2D eigenvalue weighted by Gasteiger charge is -2.37. The highest BCUT2D eigenvalue weighted by Crippen LogP contribution is 2.22. The van der Waals surface area contributed by atoms with Gasteiger partial charge in [0.2, 0.25) is 5.89 Å². The third-order valence-corrected chi connectivity index (χ3v) is 5.08. The van der Waals surface area contributed by atoms with Gasteiger partial charge in [0, 0.05) is 56.7 Å². The van der Waals surface area contributed by atoms with Gasteiger partial charge in [0.25, 0.3) is 0 Å². The summed E-state index contributed by atoms with van der Waals surface area (Å²) in [6.07, 6.45) is 5.58. The van der Waals surface area contributed by atoms with Gasteiger partial charge in [-0.1, -0.05) is 24.3 Å². The molecule has 0 unspecified atom stereocenters. The molecule has 0 saturated carbocycles. The molecule has 0 aliphatic carbocycles. The number of hydrogen-bond acceptors (Lipinski definition) is 5. The molecule has 0 spiro atoms. The van der Waals surface area contributed by atoms with Crippen LogP contribution in [0.15, 0.2) is 65.5 Å². The van der Waals surface area contributed by atoms with Crippen LogP contribution in [0.1, 0.15) is 24.2 Å². The quantitative estimate of drug-likeness (QED) is 0.705. The van der Waals surface area contributed by atoms with E-state index in [-0.39, 0.29) is 0 Å². The van der Waals surface area contributed by atoms with E-state index >= 15 is 0 Å². The molecule has 3 heterocycles. The molecule has 0 bridgehead atoms. The summed E-state index contributed by atoms with van der Waals surface area (Å²) in [6.45, 7) is 7.29. The van der Waals surface area contributed by atoms with Gasteiger partial charge in [-0.05, 0) is 30.7 Å². The minimum Gasteiger partial charge on any atom is -0.444 e. The first-order chi connectivity index (χ1) is 12.8. The third kappa shape index (κ3) is 3.84. The Kier molecular flexibility index (Phi) is 5.09. The van der Waals surface area contributed by atoms with Crippen LogP contribution in [0.4, 0.5) is 0 Å². The number of rotatable bonds is 5.